The van der Waals surface area contributed by atoms with E-state index >= 15 is 0 Å². The Balaban J connectivity index is 5.08. The molecule has 17 nitrogen and oxygen atoms in total. The Hall–Kier alpha value is -1.94. The molecule has 0 rings (SSSR count). The maximum Gasteiger partial charge on any atom is 0.472 e. The highest BCUT2D eigenvalue weighted by Gasteiger charge is 2.30. The van der Waals surface area contributed by atoms with Crippen LogP contribution in [0.3, 0.4) is 0 Å². The number of phosphoric ester groups is 2. The number of carbonyl (C=O) groups excluding carboxylic acids is 4. The number of rotatable bonds is 69. The van der Waals surface area contributed by atoms with Crippen LogP contribution in [0.5, 0.6) is 0 Å². The summed E-state index contributed by atoms with van der Waals surface area (Å²) in [5.74, 6) is -0.714. The van der Waals surface area contributed by atoms with E-state index in [1.54, 1.807) is 0 Å². The van der Waals surface area contributed by atoms with E-state index in [1.807, 2.05) is 0 Å². The highest BCUT2D eigenvalue weighted by molar-refractivity contribution is 7.47. The maximum atomic E-state index is 13.0. The minimum Gasteiger partial charge on any atom is -0.462 e. The zero-order valence-electron chi connectivity index (χ0n) is 57.7. The van der Waals surface area contributed by atoms with E-state index in [0.717, 1.165) is 102 Å². The molecular formula is C70H136O17P2. The van der Waals surface area contributed by atoms with E-state index in [-0.39, 0.29) is 25.7 Å². The molecule has 5 atom stereocenters. The van der Waals surface area contributed by atoms with Crippen molar-refractivity contribution in [2.45, 2.75) is 374 Å². The fraction of sp³-hybridized carbons (Fsp3) is 0.943. The second-order valence-corrected chi connectivity index (χ2v) is 29.1. The summed E-state index contributed by atoms with van der Waals surface area (Å²) < 4.78 is 68.0. The molecule has 0 aromatic carbocycles. The molecule has 3 N–H and O–H groups in total. The SMILES string of the molecule is CCCCCCCCCCCCCCCCCCCCCCCCC(=O)O[C@H](COC(=O)CCCCCCCCCCCCC(C)C)COP(=O)(O)OC[C@@H](O)COP(=O)(O)OC[C@@H](COC(=O)CCCCCCC)OC(=O)CCCCCCCCC(C)C. The molecule has 0 radical (unpaired) electrons. The van der Waals surface area contributed by atoms with Gasteiger partial charge in [0, 0.05) is 25.7 Å². The van der Waals surface area contributed by atoms with Gasteiger partial charge in [0.2, 0.25) is 0 Å². The van der Waals surface area contributed by atoms with Crippen LogP contribution in [0.2, 0.25) is 0 Å². The van der Waals surface area contributed by atoms with E-state index in [1.165, 1.54) is 167 Å². The highest BCUT2D eigenvalue weighted by atomic mass is 31.2. The fourth-order valence-electron chi connectivity index (χ4n) is 10.6. The first kappa shape index (κ1) is 87.1. The van der Waals surface area contributed by atoms with Gasteiger partial charge >= 0.3 is 39.5 Å². The molecule has 0 amide bonds. The zero-order valence-corrected chi connectivity index (χ0v) is 59.5. The van der Waals surface area contributed by atoms with Gasteiger partial charge in [-0.1, -0.05) is 305 Å². The van der Waals surface area contributed by atoms with Gasteiger partial charge < -0.3 is 33.8 Å². The number of hydrogen-bond donors (Lipinski definition) is 3. The average molecular weight is 1310 g/mol. The fourth-order valence-corrected chi connectivity index (χ4v) is 12.2. The lowest BCUT2D eigenvalue weighted by Crippen LogP contribution is -2.30. The Morgan fingerprint density at radius 1 is 0.303 bits per heavy atom. The van der Waals surface area contributed by atoms with Crippen molar-refractivity contribution in [1.82, 2.24) is 0 Å². The van der Waals surface area contributed by atoms with Gasteiger partial charge in [-0.2, -0.15) is 0 Å². The summed E-state index contributed by atoms with van der Waals surface area (Å²) in [5, 5.41) is 10.5. The van der Waals surface area contributed by atoms with Gasteiger partial charge in [-0.15, -0.1) is 0 Å². The van der Waals surface area contributed by atoms with Crippen LogP contribution in [0.25, 0.3) is 0 Å². The van der Waals surface area contributed by atoms with Gasteiger partial charge in [0.15, 0.2) is 12.2 Å². The lowest BCUT2D eigenvalue weighted by molar-refractivity contribution is -0.161. The lowest BCUT2D eigenvalue weighted by atomic mass is 10.0. The van der Waals surface area contributed by atoms with E-state index in [9.17, 15) is 43.2 Å². The summed E-state index contributed by atoms with van der Waals surface area (Å²) in [7, 11) is -9.89. The van der Waals surface area contributed by atoms with Crippen molar-refractivity contribution in [3.8, 4) is 0 Å². The zero-order chi connectivity index (χ0) is 65.7. The van der Waals surface area contributed by atoms with Crippen LogP contribution in [0.1, 0.15) is 356 Å². The van der Waals surface area contributed by atoms with E-state index in [4.69, 9.17) is 37.0 Å². The van der Waals surface area contributed by atoms with Crippen LogP contribution < -0.4 is 0 Å². The van der Waals surface area contributed by atoms with Crippen molar-refractivity contribution in [3.05, 3.63) is 0 Å². The highest BCUT2D eigenvalue weighted by Crippen LogP contribution is 2.45. The molecule has 0 aliphatic carbocycles. The number of unbranched alkanes of at least 4 members (excludes halogenated alkanes) is 39. The van der Waals surface area contributed by atoms with Crippen molar-refractivity contribution in [2.75, 3.05) is 39.6 Å². The third-order valence-corrected chi connectivity index (χ3v) is 18.1. The molecular weight excluding hydrogens is 1170 g/mol. The van der Waals surface area contributed by atoms with Crippen LogP contribution in [-0.2, 0) is 65.4 Å². The number of esters is 4. The quantitative estimate of drug-likeness (QED) is 0.0222. The number of phosphoric acid groups is 2. The third-order valence-electron chi connectivity index (χ3n) is 16.2. The van der Waals surface area contributed by atoms with E-state index in [0.29, 0.717) is 31.6 Å². The van der Waals surface area contributed by atoms with Crippen LogP contribution in [0.15, 0.2) is 0 Å². The molecule has 0 bridgehead atoms. The monoisotopic (exact) mass is 1310 g/mol. The largest absolute Gasteiger partial charge is 0.472 e. The number of aliphatic hydroxyl groups excluding tert-OH is 1. The van der Waals surface area contributed by atoms with Crippen LogP contribution in [0, 0.1) is 11.8 Å². The smallest absolute Gasteiger partial charge is 0.462 e. The molecule has 0 aromatic rings. The minimum atomic E-state index is -4.95. The van der Waals surface area contributed by atoms with Crippen molar-refractivity contribution in [1.29, 1.82) is 0 Å². The summed E-state index contributed by atoms with van der Waals surface area (Å²) in [6.45, 7) is 9.35. The topological polar surface area (TPSA) is 237 Å². The summed E-state index contributed by atoms with van der Waals surface area (Å²) in [6, 6.07) is 0. The van der Waals surface area contributed by atoms with Crippen molar-refractivity contribution in [2.24, 2.45) is 11.8 Å². The van der Waals surface area contributed by atoms with E-state index < -0.39 is 97.5 Å². The maximum absolute atomic E-state index is 13.0. The van der Waals surface area contributed by atoms with Gasteiger partial charge in [-0.25, -0.2) is 9.13 Å². The first-order chi connectivity index (χ1) is 42.9. The molecule has 0 spiro atoms. The average Bonchev–Trinajstić information content (AvgIpc) is 3.71. The van der Waals surface area contributed by atoms with E-state index in [2.05, 4.69) is 41.5 Å². The predicted octanol–water partition coefficient (Wildman–Crippen LogP) is 20.0. The number of carbonyl (C=O) groups is 4. The second kappa shape index (κ2) is 62.2. The van der Waals surface area contributed by atoms with Gasteiger partial charge in [0.25, 0.3) is 0 Å². The predicted molar refractivity (Wildman–Crippen MR) is 358 cm³/mol. The molecule has 0 aliphatic rings. The lowest BCUT2D eigenvalue weighted by Gasteiger charge is -2.21. The number of aliphatic hydroxyl groups is 1. The molecule has 0 aromatic heterocycles. The first-order valence-electron chi connectivity index (χ1n) is 36.5. The summed E-state index contributed by atoms with van der Waals surface area (Å²) in [5.41, 5.74) is 0. The third kappa shape index (κ3) is 64.6. The molecule has 528 valence electrons. The van der Waals surface area contributed by atoms with Gasteiger partial charge in [-0.05, 0) is 37.5 Å². The Bertz CT molecular complexity index is 1730. The van der Waals surface area contributed by atoms with Gasteiger partial charge in [0.05, 0.1) is 26.4 Å². The molecule has 2 unspecified atom stereocenters. The van der Waals surface area contributed by atoms with Gasteiger partial charge in [0.1, 0.15) is 19.3 Å². The molecule has 0 heterocycles. The Morgan fingerprint density at radius 3 is 0.764 bits per heavy atom. The van der Waals surface area contributed by atoms with Crippen molar-refractivity contribution in [3.63, 3.8) is 0 Å². The van der Waals surface area contributed by atoms with Crippen molar-refractivity contribution < 1.29 is 80.2 Å². The Kier molecular flexibility index (Phi) is 60.8. The van der Waals surface area contributed by atoms with Crippen LogP contribution in [-0.4, -0.2) is 96.7 Å². The molecule has 0 fully saturated rings. The summed E-state index contributed by atoms with van der Waals surface area (Å²) in [4.78, 5) is 72.1. The number of hydrogen-bond acceptors (Lipinski definition) is 15. The molecule has 0 saturated heterocycles. The number of ether oxygens (including phenoxy) is 4. The molecule has 0 saturated carbocycles. The summed E-state index contributed by atoms with van der Waals surface area (Å²) >= 11 is 0. The molecule has 19 heteroatoms. The second-order valence-electron chi connectivity index (χ2n) is 26.2. The Labute approximate surface area is 543 Å². The Morgan fingerprint density at radius 2 is 0.517 bits per heavy atom. The standard InChI is InChI=1S/C70H136O17P2/c1-7-9-11-13-14-15-16-17-18-19-20-21-22-23-24-25-26-27-32-35-42-48-54-69(74)86-66(59-81-68(73)53-47-41-34-31-29-28-30-33-39-44-50-62(3)4)61-85-89(78,79)83-57-64(71)56-82-88(76,77)84-60-65(58-80-67(72)52-46-38-12-10-8-2)87-70(75)55-49-43-37-36-40-45-51-63(5)6/h62-66,71H,7-61H2,1-6H3,(H,76,77)(H,78,79)/t64-,65+,66+/m0/s1. The molecule has 89 heavy (non-hydrogen) atoms. The van der Waals surface area contributed by atoms with Crippen LogP contribution in [0.4, 0.5) is 0 Å². The van der Waals surface area contributed by atoms with Crippen molar-refractivity contribution >= 4 is 39.5 Å². The minimum absolute atomic E-state index is 0.101. The summed E-state index contributed by atoms with van der Waals surface area (Å²) in [6.07, 6.45) is 48.1. The normalized spacial score (nSPS) is 14.1. The molecule has 0 aliphatic heterocycles. The van der Waals surface area contributed by atoms with Gasteiger partial charge in [-0.3, -0.25) is 37.3 Å². The first-order valence-corrected chi connectivity index (χ1v) is 39.5. The van der Waals surface area contributed by atoms with Crippen LogP contribution >= 0.6 is 15.6 Å².